The number of rotatable bonds is 6. The molecule has 2 amide bonds. The Balaban J connectivity index is 2.59. The highest BCUT2D eigenvalue weighted by Crippen LogP contribution is 2.04. The fourth-order valence-corrected chi connectivity index (χ4v) is 1.69. The van der Waals surface area contributed by atoms with E-state index in [0.717, 1.165) is 5.82 Å². The normalized spacial score (nSPS) is 10.3. The number of aromatic nitrogens is 2. The lowest BCUT2D eigenvalue weighted by molar-refractivity contribution is -0.137. The van der Waals surface area contributed by atoms with Crippen molar-refractivity contribution < 1.29 is 14.7 Å². The zero-order chi connectivity index (χ0) is 14.4. The predicted octanol–water partition coefficient (Wildman–Crippen LogP) is 0.768. The Kier molecular flexibility index (Phi) is 5.35. The summed E-state index contributed by atoms with van der Waals surface area (Å²) in [5.74, 6) is -0.122. The maximum absolute atomic E-state index is 12.1. The van der Waals surface area contributed by atoms with E-state index in [4.69, 9.17) is 5.11 Å². The van der Waals surface area contributed by atoms with Gasteiger partial charge >= 0.3 is 12.0 Å². The second-order valence-electron chi connectivity index (χ2n) is 4.32. The number of aryl methyl sites for hydroxylation is 1. The molecular weight excluding hydrogens is 248 g/mol. The van der Waals surface area contributed by atoms with Crippen molar-refractivity contribution in [3.8, 4) is 0 Å². The van der Waals surface area contributed by atoms with Crippen LogP contribution >= 0.6 is 0 Å². The molecular formula is C12H20N4O3. The van der Waals surface area contributed by atoms with Crippen molar-refractivity contribution in [2.24, 2.45) is 7.05 Å². The third-order valence-electron chi connectivity index (χ3n) is 2.87. The number of imidazole rings is 1. The SMILES string of the molecule is CCN(CCC(=O)O)C(=O)N(C)Cc1nccn1C. The largest absolute Gasteiger partial charge is 0.481 e. The van der Waals surface area contributed by atoms with Crippen LogP contribution in [0.5, 0.6) is 0 Å². The van der Waals surface area contributed by atoms with E-state index in [0.29, 0.717) is 13.1 Å². The molecule has 1 rings (SSSR count). The summed E-state index contributed by atoms with van der Waals surface area (Å²) in [7, 11) is 3.54. The highest BCUT2D eigenvalue weighted by Gasteiger charge is 2.18. The highest BCUT2D eigenvalue weighted by atomic mass is 16.4. The smallest absolute Gasteiger partial charge is 0.320 e. The van der Waals surface area contributed by atoms with Gasteiger partial charge in [-0.05, 0) is 6.92 Å². The topological polar surface area (TPSA) is 78.7 Å². The quantitative estimate of drug-likeness (QED) is 0.826. The van der Waals surface area contributed by atoms with Crippen molar-refractivity contribution in [3.63, 3.8) is 0 Å². The Hall–Kier alpha value is -2.05. The Morgan fingerprint density at radius 3 is 2.63 bits per heavy atom. The maximum Gasteiger partial charge on any atom is 0.320 e. The van der Waals surface area contributed by atoms with Gasteiger partial charge in [0.1, 0.15) is 5.82 Å². The summed E-state index contributed by atoms with van der Waals surface area (Å²) in [4.78, 5) is 29.9. The molecule has 0 spiro atoms. The summed E-state index contributed by atoms with van der Waals surface area (Å²) in [5.41, 5.74) is 0. The van der Waals surface area contributed by atoms with Crippen molar-refractivity contribution in [2.75, 3.05) is 20.1 Å². The molecule has 0 aliphatic rings. The Morgan fingerprint density at radius 2 is 2.16 bits per heavy atom. The Bertz CT molecular complexity index is 444. The molecule has 106 valence electrons. The van der Waals surface area contributed by atoms with Crippen LogP contribution in [0.1, 0.15) is 19.2 Å². The van der Waals surface area contributed by atoms with Gasteiger partial charge in [-0.15, -0.1) is 0 Å². The standard InChI is InChI=1S/C12H20N4O3/c1-4-16(7-5-11(17)18)12(19)15(3)9-10-13-6-8-14(10)2/h6,8H,4-5,7,9H2,1-3H3,(H,17,18). The van der Waals surface area contributed by atoms with Gasteiger partial charge < -0.3 is 19.5 Å². The van der Waals surface area contributed by atoms with E-state index in [1.165, 1.54) is 9.80 Å². The molecule has 0 radical (unpaired) electrons. The lowest BCUT2D eigenvalue weighted by Gasteiger charge is -2.26. The van der Waals surface area contributed by atoms with E-state index in [9.17, 15) is 9.59 Å². The van der Waals surface area contributed by atoms with Crippen LogP contribution in [-0.2, 0) is 18.4 Å². The number of nitrogens with zero attached hydrogens (tertiary/aromatic N) is 4. The summed E-state index contributed by atoms with van der Waals surface area (Å²) in [6.45, 7) is 2.92. The summed E-state index contributed by atoms with van der Waals surface area (Å²) in [5, 5.41) is 8.66. The molecule has 0 aliphatic carbocycles. The van der Waals surface area contributed by atoms with Crippen LogP contribution in [0.15, 0.2) is 12.4 Å². The van der Waals surface area contributed by atoms with Crippen molar-refractivity contribution in [1.29, 1.82) is 0 Å². The molecule has 19 heavy (non-hydrogen) atoms. The first-order valence-corrected chi connectivity index (χ1v) is 6.13. The predicted molar refractivity (Wildman–Crippen MR) is 69.6 cm³/mol. The molecule has 0 aliphatic heterocycles. The summed E-state index contributed by atoms with van der Waals surface area (Å²) >= 11 is 0. The number of carboxylic acid groups (broad SMARTS) is 1. The van der Waals surface area contributed by atoms with E-state index >= 15 is 0 Å². The minimum Gasteiger partial charge on any atom is -0.481 e. The number of aliphatic carboxylic acids is 1. The molecule has 0 fully saturated rings. The average Bonchev–Trinajstić information content (AvgIpc) is 2.75. The number of carbonyl (C=O) groups is 2. The number of amides is 2. The van der Waals surface area contributed by atoms with Crippen molar-refractivity contribution in [3.05, 3.63) is 18.2 Å². The van der Waals surface area contributed by atoms with Crippen molar-refractivity contribution >= 4 is 12.0 Å². The second-order valence-corrected chi connectivity index (χ2v) is 4.32. The molecule has 0 unspecified atom stereocenters. The number of carboxylic acids is 1. The lowest BCUT2D eigenvalue weighted by atomic mass is 10.4. The fourth-order valence-electron chi connectivity index (χ4n) is 1.69. The van der Waals surface area contributed by atoms with E-state index in [2.05, 4.69) is 4.98 Å². The number of urea groups is 1. The van der Waals surface area contributed by atoms with Gasteiger partial charge in [0.25, 0.3) is 0 Å². The third kappa shape index (κ3) is 4.27. The molecule has 1 heterocycles. The zero-order valence-corrected chi connectivity index (χ0v) is 11.5. The van der Waals surface area contributed by atoms with Crippen molar-refractivity contribution in [1.82, 2.24) is 19.4 Å². The first-order valence-electron chi connectivity index (χ1n) is 6.13. The number of hydrogen-bond acceptors (Lipinski definition) is 3. The first kappa shape index (κ1) is 15.0. The van der Waals surface area contributed by atoms with Crippen LogP contribution in [-0.4, -0.2) is 56.6 Å². The lowest BCUT2D eigenvalue weighted by Crippen LogP contribution is -2.42. The van der Waals surface area contributed by atoms with Gasteiger partial charge in [-0.2, -0.15) is 0 Å². The summed E-state index contributed by atoms with van der Waals surface area (Å²) in [6, 6.07) is -0.188. The molecule has 7 nitrogen and oxygen atoms in total. The van der Waals surface area contributed by atoms with Crippen LogP contribution in [0, 0.1) is 0 Å². The molecule has 0 bridgehead atoms. The van der Waals surface area contributed by atoms with Crippen LogP contribution in [0.3, 0.4) is 0 Å². The number of hydrogen-bond donors (Lipinski definition) is 1. The number of carbonyl (C=O) groups excluding carboxylic acids is 1. The highest BCUT2D eigenvalue weighted by molar-refractivity contribution is 5.75. The van der Waals surface area contributed by atoms with E-state index in [1.54, 1.807) is 13.2 Å². The molecule has 1 N–H and O–H groups in total. The van der Waals surface area contributed by atoms with Gasteiger partial charge in [0.05, 0.1) is 13.0 Å². The molecule has 0 saturated heterocycles. The first-order chi connectivity index (χ1) is 8.95. The average molecular weight is 268 g/mol. The van der Waals surface area contributed by atoms with Gasteiger partial charge in [-0.25, -0.2) is 9.78 Å². The second kappa shape index (κ2) is 6.77. The Morgan fingerprint density at radius 1 is 1.47 bits per heavy atom. The molecule has 1 aromatic heterocycles. The van der Waals surface area contributed by atoms with Crippen molar-refractivity contribution in [2.45, 2.75) is 19.9 Å². The monoisotopic (exact) mass is 268 g/mol. The van der Waals surface area contributed by atoms with E-state index < -0.39 is 5.97 Å². The molecule has 1 aromatic rings. The summed E-state index contributed by atoms with van der Waals surface area (Å²) < 4.78 is 1.84. The van der Waals surface area contributed by atoms with Crippen LogP contribution < -0.4 is 0 Å². The molecule has 0 aromatic carbocycles. The third-order valence-corrected chi connectivity index (χ3v) is 2.87. The van der Waals surface area contributed by atoms with Gasteiger partial charge in [0.15, 0.2) is 0 Å². The van der Waals surface area contributed by atoms with Crippen LogP contribution in [0.2, 0.25) is 0 Å². The minimum atomic E-state index is -0.905. The van der Waals surface area contributed by atoms with Gasteiger partial charge in [-0.1, -0.05) is 0 Å². The van der Waals surface area contributed by atoms with E-state index in [-0.39, 0.29) is 19.0 Å². The van der Waals surface area contributed by atoms with Crippen LogP contribution in [0.4, 0.5) is 4.79 Å². The zero-order valence-electron chi connectivity index (χ0n) is 11.5. The van der Waals surface area contributed by atoms with Crippen LogP contribution in [0.25, 0.3) is 0 Å². The molecule has 0 saturated carbocycles. The van der Waals surface area contributed by atoms with Gasteiger partial charge in [0.2, 0.25) is 0 Å². The molecule has 0 atom stereocenters. The summed E-state index contributed by atoms with van der Waals surface area (Å²) in [6.07, 6.45) is 3.45. The van der Waals surface area contributed by atoms with Gasteiger partial charge in [0, 0.05) is 39.6 Å². The fraction of sp³-hybridized carbons (Fsp3) is 0.583. The minimum absolute atomic E-state index is 0.0458. The Labute approximate surface area is 112 Å². The van der Waals surface area contributed by atoms with Gasteiger partial charge in [-0.3, -0.25) is 4.79 Å². The van der Waals surface area contributed by atoms with E-state index in [1.807, 2.05) is 24.7 Å². The molecule has 7 heteroatoms. The maximum atomic E-state index is 12.1.